The summed E-state index contributed by atoms with van der Waals surface area (Å²) in [5.74, 6) is -2.19. The van der Waals surface area contributed by atoms with Crippen LogP contribution in [0.4, 0.5) is 31.8 Å². The number of halogens is 2. The van der Waals surface area contributed by atoms with Gasteiger partial charge in [-0.3, -0.25) is 43.9 Å². The van der Waals surface area contributed by atoms with Crippen LogP contribution in [-0.2, 0) is 25.7 Å². The van der Waals surface area contributed by atoms with Crippen LogP contribution >= 0.6 is 0 Å². The number of aromatic nitrogens is 2. The Morgan fingerprint density at radius 1 is 0.889 bits per heavy atom. The van der Waals surface area contributed by atoms with E-state index in [0.717, 1.165) is 10.7 Å². The summed E-state index contributed by atoms with van der Waals surface area (Å²) in [5.41, 5.74) is -0.0556. The summed E-state index contributed by atoms with van der Waals surface area (Å²) >= 11 is 0. The second kappa shape index (κ2) is 17.9. The van der Waals surface area contributed by atoms with Gasteiger partial charge in [-0.2, -0.15) is 0 Å². The van der Waals surface area contributed by atoms with E-state index in [1.807, 2.05) is 17.9 Å². The first-order valence-electron chi connectivity index (χ1n) is 21.6. The quantitative estimate of drug-likeness (QED) is 0.124. The fourth-order valence-electron chi connectivity index (χ4n) is 9.41. The zero-order valence-electron chi connectivity index (χ0n) is 35.5. The summed E-state index contributed by atoms with van der Waals surface area (Å²) in [6.07, 6.45) is 5.24. The largest absolute Gasteiger partial charge is 0.384 e. The number of hydrogen-bond acceptors (Lipinski definition) is 13. The lowest BCUT2D eigenvalue weighted by atomic mass is 9.79. The molecule has 0 bridgehead atoms. The molecule has 5 N–H and O–H groups in total. The number of hydrogen-bond donors (Lipinski definition) is 5. The summed E-state index contributed by atoms with van der Waals surface area (Å²) < 4.78 is 31.5. The fourth-order valence-corrected chi connectivity index (χ4v) is 9.41. The summed E-state index contributed by atoms with van der Waals surface area (Å²) in [6.45, 7) is 5.60. The molecule has 3 aromatic rings. The molecule has 17 nitrogen and oxygen atoms in total. The van der Waals surface area contributed by atoms with E-state index in [1.165, 1.54) is 18.5 Å². The molecule has 0 aliphatic carbocycles. The molecule has 19 heteroatoms. The van der Waals surface area contributed by atoms with Crippen molar-refractivity contribution in [2.24, 2.45) is 5.41 Å². The van der Waals surface area contributed by atoms with Crippen LogP contribution in [0.3, 0.4) is 0 Å². The van der Waals surface area contributed by atoms with Crippen molar-refractivity contribution in [2.75, 3.05) is 79.8 Å². The van der Waals surface area contributed by atoms with Crippen LogP contribution in [0.25, 0.3) is 0 Å². The van der Waals surface area contributed by atoms with Crippen molar-refractivity contribution in [3.05, 3.63) is 71.1 Å². The normalized spacial score (nSPS) is 21.0. The van der Waals surface area contributed by atoms with Gasteiger partial charge in [0, 0.05) is 81.5 Å². The van der Waals surface area contributed by atoms with Gasteiger partial charge in [0.2, 0.25) is 23.6 Å². The third-order valence-corrected chi connectivity index (χ3v) is 13.2. The van der Waals surface area contributed by atoms with Crippen molar-refractivity contribution in [3.63, 3.8) is 0 Å². The Morgan fingerprint density at radius 3 is 2.40 bits per heavy atom. The second-order valence-corrected chi connectivity index (χ2v) is 17.5. The van der Waals surface area contributed by atoms with E-state index < -0.39 is 52.3 Å². The number of likely N-dealkylation sites (tertiary alicyclic amines) is 1. The van der Waals surface area contributed by atoms with Crippen molar-refractivity contribution in [1.29, 1.82) is 0 Å². The molecule has 0 saturated carbocycles. The molecule has 4 fully saturated rings. The number of imide groups is 2. The van der Waals surface area contributed by atoms with Gasteiger partial charge in [0.25, 0.3) is 11.8 Å². The molecule has 1 spiro atoms. The second-order valence-electron chi connectivity index (χ2n) is 17.5. The van der Waals surface area contributed by atoms with Crippen LogP contribution in [0.1, 0.15) is 84.6 Å². The van der Waals surface area contributed by atoms with Crippen LogP contribution < -0.4 is 36.4 Å². The van der Waals surface area contributed by atoms with Gasteiger partial charge in [0.15, 0.2) is 0 Å². The summed E-state index contributed by atoms with van der Waals surface area (Å²) in [7, 11) is 1.79. The number of amides is 6. The molecule has 1 aromatic heterocycles. The SMILES string of the molecule is CNc1cc(N2CCC3(CC2)CN(c2cc(F)c(CN4CCC(C)(C(=O)NCCCCNc5cccc6c5C(=O)N(C5CCC(=O)NC5=O)C6=O)CC4)cc2F)CC(=O)N3)ncn1. The molecule has 334 valence electrons. The number of piperazine rings is 1. The monoisotopic (exact) mass is 869 g/mol. The predicted molar refractivity (Wildman–Crippen MR) is 229 cm³/mol. The third kappa shape index (κ3) is 9.01. The Labute approximate surface area is 363 Å². The van der Waals surface area contributed by atoms with Crippen LogP contribution in [0.2, 0.25) is 0 Å². The minimum absolute atomic E-state index is 0.0411. The van der Waals surface area contributed by atoms with Gasteiger partial charge in [-0.15, -0.1) is 0 Å². The van der Waals surface area contributed by atoms with E-state index in [0.29, 0.717) is 95.8 Å². The van der Waals surface area contributed by atoms with E-state index in [2.05, 4.69) is 41.5 Å². The molecule has 2 aromatic carbocycles. The minimum atomic E-state index is -1.04. The van der Waals surface area contributed by atoms with Crippen molar-refractivity contribution in [3.8, 4) is 0 Å². The third-order valence-electron chi connectivity index (χ3n) is 13.2. The maximum Gasteiger partial charge on any atom is 0.264 e. The van der Waals surface area contributed by atoms with Gasteiger partial charge >= 0.3 is 0 Å². The van der Waals surface area contributed by atoms with E-state index in [4.69, 9.17) is 0 Å². The number of nitrogens with zero attached hydrogens (tertiary/aromatic N) is 6. The number of anilines is 4. The molecular formula is C44H53F2N11O6. The van der Waals surface area contributed by atoms with Gasteiger partial charge in [-0.05, 0) is 76.2 Å². The lowest BCUT2D eigenvalue weighted by Gasteiger charge is -2.48. The summed E-state index contributed by atoms with van der Waals surface area (Å²) in [6, 6.07) is 8.17. The fraction of sp³-hybridized carbons (Fsp3) is 0.500. The van der Waals surface area contributed by atoms with Crippen molar-refractivity contribution in [1.82, 2.24) is 35.7 Å². The first-order chi connectivity index (χ1) is 30.3. The summed E-state index contributed by atoms with van der Waals surface area (Å²) in [4.78, 5) is 92.1. The van der Waals surface area contributed by atoms with E-state index in [9.17, 15) is 28.8 Å². The maximum atomic E-state index is 15.8. The molecule has 4 saturated heterocycles. The number of unbranched alkanes of at least 4 members (excludes halogenated alkanes) is 1. The average molecular weight is 870 g/mol. The average Bonchev–Trinajstić information content (AvgIpc) is 3.52. The maximum absolute atomic E-state index is 15.8. The standard InChI is InChI=1S/C44H53F2N11O6/c1-43(42(63)49-15-4-3-14-48-31-7-5-6-28-38(31)41(62)57(40(28)61)32-8-9-36(58)52-39(32)60)10-16-54(17-11-43)23-27-20-30(46)33(21-29(27)45)56-24-37(59)53-44(25-56)12-18-55(19-13-44)35-22-34(47-2)50-26-51-35/h5-7,20-22,26,32,48H,3-4,8-19,23-25H2,1-2H3,(H,49,63)(H,53,59)(H,47,50,51)(H,52,58,60). The highest BCUT2D eigenvalue weighted by Gasteiger charge is 2.46. The van der Waals surface area contributed by atoms with Crippen molar-refractivity contribution < 1.29 is 37.5 Å². The zero-order chi connectivity index (χ0) is 44.5. The molecule has 1 atom stereocenters. The molecule has 5 aliphatic rings. The molecule has 6 heterocycles. The number of nitrogens with one attached hydrogen (secondary N) is 5. The van der Waals surface area contributed by atoms with E-state index in [1.54, 1.807) is 30.1 Å². The van der Waals surface area contributed by atoms with Crippen molar-refractivity contribution >= 4 is 58.5 Å². The highest BCUT2D eigenvalue weighted by atomic mass is 19.1. The van der Waals surface area contributed by atoms with Crippen LogP contribution in [-0.4, -0.2) is 126 Å². The van der Waals surface area contributed by atoms with Gasteiger partial charge in [-0.1, -0.05) is 13.0 Å². The van der Waals surface area contributed by atoms with Gasteiger partial charge in [0.1, 0.15) is 35.6 Å². The molecular weight excluding hydrogens is 817 g/mol. The molecule has 8 rings (SSSR count). The smallest absolute Gasteiger partial charge is 0.264 e. The molecule has 5 aliphatic heterocycles. The van der Waals surface area contributed by atoms with Gasteiger partial charge in [0.05, 0.1) is 28.9 Å². The Hall–Kier alpha value is -6.24. The number of carbonyl (C=O) groups is 6. The lowest BCUT2D eigenvalue weighted by molar-refractivity contribution is -0.136. The number of fused-ring (bicyclic) bond motifs is 1. The topological polar surface area (TPSA) is 201 Å². The number of piperidine rings is 3. The zero-order valence-corrected chi connectivity index (χ0v) is 35.5. The highest BCUT2D eigenvalue weighted by Crippen LogP contribution is 2.36. The lowest BCUT2D eigenvalue weighted by Crippen LogP contribution is -2.66. The highest BCUT2D eigenvalue weighted by molar-refractivity contribution is 6.25. The van der Waals surface area contributed by atoms with E-state index >= 15 is 8.78 Å². The van der Waals surface area contributed by atoms with Crippen LogP contribution in [0.5, 0.6) is 0 Å². The van der Waals surface area contributed by atoms with E-state index in [-0.39, 0.29) is 60.1 Å². The van der Waals surface area contributed by atoms with Gasteiger partial charge < -0.3 is 31.1 Å². The first kappa shape index (κ1) is 43.4. The molecule has 6 amide bonds. The van der Waals surface area contributed by atoms with Gasteiger partial charge in [-0.25, -0.2) is 18.7 Å². The molecule has 0 radical (unpaired) electrons. The Kier molecular flexibility index (Phi) is 12.3. The predicted octanol–water partition coefficient (Wildman–Crippen LogP) is 2.78. The number of carbonyl (C=O) groups excluding carboxylic acids is 6. The van der Waals surface area contributed by atoms with Crippen LogP contribution in [0, 0.1) is 17.0 Å². The Bertz CT molecular complexity index is 2310. The Morgan fingerprint density at radius 2 is 1.65 bits per heavy atom. The molecule has 1 unspecified atom stereocenters. The summed E-state index contributed by atoms with van der Waals surface area (Å²) in [5, 5.41) is 14.6. The number of rotatable bonds is 13. The minimum Gasteiger partial charge on any atom is -0.384 e. The first-order valence-corrected chi connectivity index (χ1v) is 21.6. The molecule has 63 heavy (non-hydrogen) atoms. The number of benzene rings is 2. The van der Waals surface area contributed by atoms with Crippen LogP contribution in [0.15, 0.2) is 42.7 Å². The Balaban J connectivity index is 0.778. The van der Waals surface area contributed by atoms with Crippen molar-refractivity contribution in [2.45, 2.75) is 76.4 Å².